The molecule has 1 heterocycles. The second-order valence-corrected chi connectivity index (χ2v) is 5.11. The number of carboxylic acids is 1. The first-order valence-electron chi connectivity index (χ1n) is 5.96. The molecule has 7 heteroatoms. The van der Waals surface area contributed by atoms with Gasteiger partial charge in [-0.05, 0) is 30.3 Å². The van der Waals surface area contributed by atoms with Crippen LogP contribution in [0.25, 0.3) is 0 Å². The molecule has 0 saturated heterocycles. The van der Waals surface area contributed by atoms with Crippen LogP contribution in [0.5, 0.6) is 0 Å². The quantitative estimate of drug-likeness (QED) is 0.891. The SMILES string of the molecule is CN(C(=O)Nc1ccc(Br)cc1C(=O)O)c1cccnc1. The van der Waals surface area contributed by atoms with Crippen LogP contribution in [0.4, 0.5) is 16.2 Å². The highest BCUT2D eigenvalue weighted by Crippen LogP contribution is 2.22. The lowest BCUT2D eigenvalue weighted by atomic mass is 10.2. The van der Waals surface area contributed by atoms with Crippen LogP contribution in [0.15, 0.2) is 47.2 Å². The maximum atomic E-state index is 12.2. The Kier molecular flexibility index (Phi) is 4.54. The van der Waals surface area contributed by atoms with Crippen LogP contribution in [0.3, 0.4) is 0 Å². The lowest BCUT2D eigenvalue weighted by Gasteiger charge is -2.18. The third-order valence-electron chi connectivity index (χ3n) is 2.79. The zero-order valence-corrected chi connectivity index (χ0v) is 12.7. The average Bonchev–Trinajstić information content (AvgIpc) is 2.49. The van der Waals surface area contributed by atoms with E-state index in [-0.39, 0.29) is 11.3 Å². The van der Waals surface area contributed by atoms with Crippen molar-refractivity contribution in [2.24, 2.45) is 0 Å². The van der Waals surface area contributed by atoms with E-state index >= 15 is 0 Å². The van der Waals surface area contributed by atoms with E-state index in [9.17, 15) is 9.59 Å². The highest BCUT2D eigenvalue weighted by atomic mass is 79.9. The molecular weight excluding hydrogens is 338 g/mol. The van der Waals surface area contributed by atoms with Crippen molar-refractivity contribution in [1.29, 1.82) is 0 Å². The number of hydrogen-bond acceptors (Lipinski definition) is 3. The number of anilines is 2. The van der Waals surface area contributed by atoms with Gasteiger partial charge in [0.05, 0.1) is 23.1 Å². The molecule has 0 bridgehead atoms. The van der Waals surface area contributed by atoms with Crippen LogP contribution in [0.1, 0.15) is 10.4 Å². The monoisotopic (exact) mass is 349 g/mol. The Hall–Kier alpha value is -2.41. The second kappa shape index (κ2) is 6.36. The van der Waals surface area contributed by atoms with Gasteiger partial charge < -0.3 is 10.4 Å². The molecule has 0 aliphatic heterocycles. The molecule has 0 fully saturated rings. The number of nitrogens with one attached hydrogen (secondary N) is 1. The number of carboxylic acid groups (broad SMARTS) is 1. The molecular formula is C14H12BrN3O3. The number of rotatable bonds is 3. The Morgan fingerprint density at radius 2 is 2.10 bits per heavy atom. The van der Waals surface area contributed by atoms with Crippen molar-refractivity contribution >= 4 is 39.3 Å². The lowest BCUT2D eigenvalue weighted by Crippen LogP contribution is -2.31. The number of nitrogens with zero attached hydrogens (tertiary/aromatic N) is 2. The minimum absolute atomic E-state index is 0.0114. The minimum Gasteiger partial charge on any atom is -0.478 e. The van der Waals surface area contributed by atoms with Gasteiger partial charge in [0, 0.05) is 17.7 Å². The van der Waals surface area contributed by atoms with Gasteiger partial charge in [-0.15, -0.1) is 0 Å². The summed E-state index contributed by atoms with van der Waals surface area (Å²) < 4.78 is 0.624. The molecule has 0 atom stereocenters. The molecule has 6 nitrogen and oxygen atoms in total. The summed E-state index contributed by atoms with van der Waals surface area (Å²) in [5.74, 6) is -1.12. The Labute approximate surface area is 129 Å². The number of pyridine rings is 1. The van der Waals surface area contributed by atoms with Crippen LogP contribution >= 0.6 is 15.9 Å². The predicted octanol–water partition coefficient (Wildman–Crippen LogP) is 3.21. The van der Waals surface area contributed by atoms with Crippen LogP contribution < -0.4 is 10.2 Å². The van der Waals surface area contributed by atoms with Gasteiger partial charge in [0.2, 0.25) is 0 Å². The fourth-order valence-electron chi connectivity index (χ4n) is 1.67. The van der Waals surface area contributed by atoms with Crippen molar-refractivity contribution in [2.45, 2.75) is 0 Å². The molecule has 21 heavy (non-hydrogen) atoms. The Morgan fingerprint density at radius 3 is 2.71 bits per heavy atom. The Bertz CT molecular complexity index is 676. The van der Waals surface area contributed by atoms with Crippen LogP contribution in [0.2, 0.25) is 0 Å². The largest absolute Gasteiger partial charge is 0.478 e. The topological polar surface area (TPSA) is 82.5 Å². The third-order valence-corrected chi connectivity index (χ3v) is 3.28. The van der Waals surface area contributed by atoms with Crippen LogP contribution in [-0.4, -0.2) is 29.1 Å². The molecule has 0 aliphatic carbocycles. The van der Waals surface area contributed by atoms with Crippen molar-refractivity contribution in [2.75, 3.05) is 17.3 Å². The van der Waals surface area contributed by atoms with Crippen molar-refractivity contribution < 1.29 is 14.7 Å². The van der Waals surface area contributed by atoms with Gasteiger partial charge in [-0.3, -0.25) is 9.88 Å². The molecule has 1 aromatic heterocycles. The zero-order chi connectivity index (χ0) is 15.4. The highest BCUT2D eigenvalue weighted by Gasteiger charge is 2.16. The summed E-state index contributed by atoms with van der Waals surface area (Å²) in [7, 11) is 1.58. The summed E-state index contributed by atoms with van der Waals surface area (Å²) >= 11 is 3.20. The van der Waals surface area contributed by atoms with Gasteiger partial charge in [-0.1, -0.05) is 15.9 Å². The molecule has 0 saturated carbocycles. The Morgan fingerprint density at radius 1 is 1.33 bits per heavy atom. The maximum absolute atomic E-state index is 12.2. The van der Waals surface area contributed by atoms with Gasteiger partial charge in [0.1, 0.15) is 0 Å². The first kappa shape index (κ1) is 15.0. The number of halogens is 1. The van der Waals surface area contributed by atoms with Gasteiger partial charge in [-0.25, -0.2) is 9.59 Å². The van der Waals surface area contributed by atoms with Gasteiger partial charge in [0.15, 0.2) is 0 Å². The first-order chi connectivity index (χ1) is 9.99. The van der Waals surface area contributed by atoms with Gasteiger partial charge >= 0.3 is 12.0 Å². The number of aromatic carboxylic acids is 1. The fraction of sp³-hybridized carbons (Fsp3) is 0.0714. The van der Waals surface area contributed by atoms with E-state index in [1.165, 1.54) is 17.0 Å². The number of carbonyl (C=O) groups is 2. The number of hydrogen-bond donors (Lipinski definition) is 2. The number of aromatic nitrogens is 1. The zero-order valence-electron chi connectivity index (χ0n) is 11.1. The van der Waals surface area contributed by atoms with E-state index < -0.39 is 12.0 Å². The molecule has 2 amide bonds. The molecule has 2 N–H and O–H groups in total. The van der Waals surface area contributed by atoms with Gasteiger partial charge in [-0.2, -0.15) is 0 Å². The van der Waals surface area contributed by atoms with E-state index in [1.807, 2.05) is 0 Å². The number of amides is 2. The number of urea groups is 1. The smallest absolute Gasteiger partial charge is 0.337 e. The normalized spacial score (nSPS) is 10.0. The third kappa shape index (κ3) is 3.57. The molecule has 0 aliphatic rings. The van der Waals surface area contributed by atoms with Crippen molar-refractivity contribution in [3.05, 3.63) is 52.8 Å². The lowest BCUT2D eigenvalue weighted by molar-refractivity contribution is 0.0698. The predicted molar refractivity (Wildman–Crippen MR) is 82.8 cm³/mol. The molecule has 2 aromatic rings. The van der Waals surface area contributed by atoms with Crippen molar-refractivity contribution in [3.63, 3.8) is 0 Å². The van der Waals surface area contributed by atoms with Gasteiger partial charge in [0.25, 0.3) is 0 Å². The van der Waals surface area contributed by atoms with E-state index in [4.69, 9.17) is 5.11 Å². The van der Waals surface area contributed by atoms with Crippen LogP contribution in [0, 0.1) is 0 Å². The molecule has 1 aromatic carbocycles. The summed E-state index contributed by atoms with van der Waals surface area (Å²) in [4.78, 5) is 28.6. The van der Waals surface area contributed by atoms with E-state index in [0.29, 0.717) is 10.2 Å². The molecule has 2 rings (SSSR count). The molecule has 0 unspecified atom stereocenters. The highest BCUT2D eigenvalue weighted by molar-refractivity contribution is 9.10. The second-order valence-electron chi connectivity index (χ2n) is 4.20. The summed E-state index contributed by atoms with van der Waals surface area (Å²) in [6.45, 7) is 0. The fourth-order valence-corrected chi connectivity index (χ4v) is 2.03. The van der Waals surface area contributed by atoms with Crippen LogP contribution in [-0.2, 0) is 0 Å². The summed E-state index contributed by atoms with van der Waals surface area (Å²) in [5.41, 5.74) is 0.840. The summed E-state index contributed by atoms with van der Waals surface area (Å²) in [6, 6.07) is 7.61. The van der Waals surface area contributed by atoms with Crippen molar-refractivity contribution in [1.82, 2.24) is 4.98 Å². The Balaban J connectivity index is 2.22. The average molecular weight is 350 g/mol. The summed E-state index contributed by atoms with van der Waals surface area (Å²) in [5, 5.41) is 11.7. The minimum atomic E-state index is -1.12. The maximum Gasteiger partial charge on any atom is 0.337 e. The van der Waals surface area contributed by atoms with Crippen molar-refractivity contribution in [3.8, 4) is 0 Å². The molecule has 108 valence electrons. The number of benzene rings is 1. The van der Waals surface area contributed by atoms with E-state index in [1.54, 1.807) is 37.6 Å². The van der Waals surface area contributed by atoms with E-state index in [2.05, 4.69) is 26.2 Å². The number of carbonyl (C=O) groups excluding carboxylic acids is 1. The standard InChI is InChI=1S/C14H12BrN3O3/c1-18(10-3-2-6-16-8-10)14(21)17-12-5-4-9(15)7-11(12)13(19)20/h2-8H,1H3,(H,17,21)(H,19,20). The molecule has 0 radical (unpaired) electrons. The van der Waals surface area contributed by atoms with E-state index in [0.717, 1.165) is 0 Å². The molecule has 0 spiro atoms. The summed E-state index contributed by atoms with van der Waals surface area (Å²) in [6.07, 6.45) is 3.14. The first-order valence-corrected chi connectivity index (χ1v) is 6.76.